The van der Waals surface area contributed by atoms with Crippen LogP contribution in [0.15, 0.2) is 0 Å². The first-order chi connectivity index (χ1) is 5.42. The monoisotopic (exact) mass is 170 g/mol. The molecular weight excluding hydrogens is 156 g/mol. The van der Waals surface area contributed by atoms with E-state index in [9.17, 15) is 9.59 Å². The van der Waals surface area contributed by atoms with E-state index in [-0.39, 0.29) is 17.9 Å². The van der Waals surface area contributed by atoms with Gasteiger partial charge in [0.05, 0.1) is 5.41 Å². The zero-order chi connectivity index (χ0) is 9.35. The molecule has 0 aromatic rings. The average Bonchev–Trinajstić information content (AvgIpc) is 2.04. The maximum Gasteiger partial charge on any atom is 0.311 e. The second-order valence-corrected chi connectivity index (χ2v) is 4.02. The van der Waals surface area contributed by atoms with Gasteiger partial charge in [-0.3, -0.25) is 9.59 Å². The van der Waals surface area contributed by atoms with Crippen LogP contribution < -0.4 is 0 Å². The number of cyclic esters (lactones) is 1. The second-order valence-electron chi connectivity index (χ2n) is 4.02. The van der Waals surface area contributed by atoms with Crippen molar-refractivity contribution in [1.82, 2.24) is 0 Å². The van der Waals surface area contributed by atoms with Gasteiger partial charge in [-0.25, -0.2) is 0 Å². The van der Waals surface area contributed by atoms with E-state index < -0.39 is 5.41 Å². The van der Waals surface area contributed by atoms with Crippen LogP contribution in [-0.2, 0) is 14.3 Å². The third-order valence-corrected chi connectivity index (χ3v) is 2.08. The first-order valence-electron chi connectivity index (χ1n) is 4.12. The molecule has 1 aliphatic rings. The number of ketones is 1. The predicted molar refractivity (Wildman–Crippen MR) is 43.6 cm³/mol. The molecule has 0 spiro atoms. The molecule has 3 nitrogen and oxygen atoms in total. The normalized spacial score (nSPS) is 26.9. The van der Waals surface area contributed by atoms with Gasteiger partial charge in [0.2, 0.25) is 0 Å². The van der Waals surface area contributed by atoms with Crippen LogP contribution >= 0.6 is 0 Å². The first-order valence-corrected chi connectivity index (χ1v) is 4.12. The SMILES string of the molecule is CC(=O)C[C@@H]1CC(C)(C)C(=O)O1. The van der Waals surface area contributed by atoms with E-state index in [1.165, 1.54) is 6.92 Å². The smallest absolute Gasteiger partial charge is 0.311 e. The molecule has 1 fully saturated rings. The summed E-state index contributed by atoms with van der Waals surface area (Å²) in [5.74, 6) is -0.112. The Morgan fingerprint density at radius 3 is 2.58 bits per heavy atom. The largest absolute Gasteiger partial charge is 0.461 e. The number of Topliss-reactive ketones (excluding diaryl/α,β-unsaturated/α-hetero) is 1. The van der Waals surface area contributed by atoms with Gasteiger partial charge in [-0.1, -0.05) is 0 Å². The summed E-state index contributed by atoms with van der Waals surface area (Å²) in [5.41, 5.74) is -0.403. The van der Waals surface area contributed by atoms with Crippen molar-refractivity contribution >= 4 is 11.8 Å². The topological polar surface area (TPSA) is 43.4 Å². The molecule has 0 N–H and O–H groups in total. The molecule has 12 heavy (non-hydrogen) atoms. The van der Waals surface area contributed by atoms with Crippen LogP contribution in [0.25, 0.3) is 0 Å². The van der Waals surface area contributed by atoms with E-state index in [4.69, 9.17) is 4.74 Å². The fourth-order valence-corrected chi connectivity index (χ4v) is 1.44. The maximum absolute atomic E-state index is 11.2. The van der Waals surface area contributed by atoms with Crippen molar-refractivity contribution in [3.05, 3.63) is 0 Å². The zero-order valence-electron chi connectivity index (χ0n) is 7.72. The molecule has 0 bridgehead atoms. The van der Waals surface area contributed by atoms with Gasteiger partial charge in [-0.15, -0.1) is 0 Å². The lowest BCUT2D eigenvalue weighted by Crippen LogP contribution is -2.16. The summed E-state index contributed by atoms with van der Waals surface area (Å²) in [6.07, 6.45) is 0.825. The summed E-state index contributed by atoms with van der Waals surface area (Å²) in [4.78, 5) is 21.9. The number of ether oxygens (including phenoxy) is 1. The number of esters is 1. The van der Waals surface area contributed by atoms with Gasteiger partial charge in [0.1, 0.15) is 11.9 Å². The molecule has 0 aromatic heterocycles. The Balaban J connectivity index is 2.55. The van der Waals surface area contributed by atoms with Gasteiger partial charge in [0.25, 0.3) is 0 Å². The summed E-state index contributed by atoms with van der Waals surface area (Å²) in [7, 11) is 0. The number of carbonyl (C=O) groups is 2. The van der Waals surface area contributed by atoms with Gasteiger partial charge in [-0.2, -0.15) is 0 Å². The Kier molecular flexibility index (Phi) is 2.22. The van der Waals surface area contributed by atoms with Crippen molar-refractivity contribution in [2.45, 2.75) is 39.7 Å². The molecular formula is C9H14O3. The molecule has 68 valence electrons. The average molecular weight is 170 g/mol. The Bertz CT molecular complexity index is 218. The molecule has 0 aliphatic carbocycles. The van der Waals surface area contributed by atoms with E-state index in [1.807, 2.05) is 13.8 Å². The maximum atomic E-state index is 11.2. The van der Waals surface area contributed by atoms with Crippen molar-refractivity contribution in [2.24, 2.45) is 5.41 Å². The molecule has 1 heterocycles. The second kappa shape index (κ2) is 2.88. The van der Waals surface area contributed by atoms with Gasteiger partial charge in [-0.05, 0) is 20.8 Å². The molecule has 0 amide bonds. The van der Waals surface area contributed by atoms with Crippen molar-refractivity contribution in [3.63, 3.8) is 0 Å². The zero-order valence-corrected chi connectivity index (χ0v) is 7.72. The predicted octanol–water partition coefficient (Wildman–Crippen LogP) is 1.31. The van der Waals surface area contributed by atoms with Crippen molar-refractivity contribution < 1.29 is 14.3 Å². The minimum Gasteiger partial charge on any atom is -0.461 e. The molecule has 0 unspecified atom stereocenters. The molecule has 0 saturated carbocycles. The van der Waals surface area contributed by atoms with E-state index in [1.54, 1.807) is 0 Å². The molecule has 0 radical (unpaired) electrons. The lowest BCUT2D eigenvalue weighted by molar-refractivity contribution is -0.147. The molecule has 1 aliphatic heterocycles. The summed E-state index contributed by atoms with van der Waals surface area (Å²) in [5, 5.41) is 0. The Labute approximate surface area is 72.1 Å². The van der Waals surface area contributed by atoms with Gasteiger partial charge < -0.3 is 4.74 Å². The van der Waals surface area contributed by atoms with Gasteiger partial charge >= 0.3 is 5.97 Å². The highest BCUT2D eigenvalue weighted by molar-refractivity contribution is 5.80. The van der Waals surface area contributed by atoms with Gasteiger partial charge in [0, 0.05) is 12.8 Å². The first kappa shape index (κ1) is 9.23. The van der Waals surface area contributed by atoms with Crippen LogP contribution in [0.5, 0.6) is 0 Å². The molecule has 0 aromatic carbocycles. The van der Waals surface area contributed by atoms with Crippen molar-refractivity contribution in [2.75, 3.05) is 0 Å². The molecule has 1 saturated heterocycles. The van der Waals surface area contributed by atoms with Crippen LogP contribution in [0.3, 0.4) is 0 Å². The van der Waals surface area contributed by atoms with Crippen molar-refractivity contribution in [1.29, 1.82) is 0 Å². The van der Waals surface area contributed by atoms with Crippen LogP contribution in [0.2, 0.25) is 0 Å². The number of carbonyl (C=O) groups excluding carboxylic acids is 2. The number of hydrogen-bond donors (Lipinski definition) is 0. The minimum atomic E-state index is -0.403. The quantitative estimate of drug-likeness (QED) is 0.587. The third kappa shape index (κ3) is 1.84. The highest BCUT2D eigenvalue weighted by Gasteiger charge is 2.41. The molecule has 1 rings (SSSR count). The van der Waals surface area contributed by atoms with Crippen LogP contribution in [0, 0.1) is 5.41 Å². The van der Waals surface area contributed by atoms with Crippen LogP contribution in [0.1, 0.15) is 33.6 Å². The van der Waals surface area contributed by atoms with E-state index in [0.717, 1.165) is 0 Å². The lowest BCUT2D eigenvalue weighted by Gasteiger charge is -2.09. The fourth-order valence-electron chi connectivity index (χ4n) is 1.44. The molecule has 3 heteroatoms. The number of rotatable bonds is 2. The van der Waals surface area contributed by atoms with E-state index in [2.05, 4.69) is 0 Å². The Morgan fingerprint density at radius 1 is 1.67 bits per heavy atom. The van der Waals surface area contributed by atoms with Crippen molar-refractivity contribution in [3.8, 4) is 0 Å². The number of hydrogen-bond acceptors (Lipinski definition) is 3. The van der Waals surface area contributed by atoms with E-state index in [0.29, 0.717) is 12.8 Å². The minimum absolute atomic E-state index is 0.0745. The highest BCUT2D eigenvalue weighted by atomic mass is 16.6. The summed E-state index contributed by atoms with van der Waals surface area (Å²) >= 11 is 0. The van der Waals surface area contributed by atoms with E-state index >= 15 is 0 Å². The third-order valence-electron chi connectivity index (χ3n) is 2.08. The Hall–Kier alpha value is -0.860. The van der Waals surface area contributed by atoms with Crippen LogP contribution in [-0.4, -0.2) is 17.9 Å². The van der Waals surface area contributed by atoms with Crippen LogP contribution in [0.4, 0.5) is 0 Å². The summed E-state index contributed by atoms with van der Waals surface area (Å²) in [6, 6.07) is 0. The van der Waals surface area contributed by atoms with Gasteiger partial charge in [0.15, 0.2) is 0 Å². The summed E-state index contributed by atoms with van der Waals surface area (Å²) in [6.45, 7) is 5.20. The fraction of sp³-hybridized carbons (Fsp3) is 0.778. The molecule has 1 atom stereocenters. The Morgan fingerprint density at radius 2 is 2.25 bits per heavy atom. The lowest BCUT2D eigenvalue weighted by atomic mass is 9.89. The summed E-state index contributed by atoms with van der Waals surface area (Å²) < 4.78 is 5.03. The standard InChI is InChI=1S/C9H14O3/c1-6(10)4-7-5-9(2,3)8(11)12-7/h7H,4-5H2,1-3H3/t7-/m1/s1. The highest BCUT2D eigenvalue weighted by Crippen LogP contribution is 2.34.